The third kappa shape index (κ3) is 4.16. The van der Waals surface area contributed by atoms with Crippen molar-refractivity contribution < 1.29 is 14.2 Å². The van der Waals surface area contributed by atoms with Crippen LogP contribution < -0.4 is 24.8 Å². The first kappa shape index (κ1) is 18.3. The average molecular weight is 373 g/mol. The molecule has 1 aromatic carbocycles. The minimum atomic E-state index is -0.295. The summed E-state index contributed by atoms with van der Waals surface area (Å²) in [7, 11) is 3.24. The van der Waals surface area contributed by atoms with Gasteiger partial charge in [0.1, 0.15) is 17.1 Å². The number of hydrogen-bond acceptors (Lipinski definition) is 5. The predicted molar refractivity (Wildman–Crippen MR) is 105 cm³/mol. The Labute approximate surface area is 158 Å². The normalized spacial score (nSPS) is 17.5. The van der Waals surface area contributed by atoms with Crippen LogP contribution in [0.25, 0.3) is 0 Å². The van der Waals surface area contributed by atoms with Crippen LogP contribution in [0.5, 0.6) is 17.4 Å². The Hall–Kier alpha value is -2.54. The van der Waals surface area contributed by atoms with Gasteiger partial charge < -0.3 is 24.8 Å². The maximum Gasteiger partial charge on any atom is 0.213 e. The lowest BCUT2D eigenvalue weighted by atomic mass is 9.89. The van der Waals surface area contributed by atoms with Gasteiger partial charge in [0.05, 0.1) is 32.1 Å². The smallest absolute Gasteiger partial charge is 0.213 e. The van der Waals surface area contributed by atoms with E-state index in [1.54, 1.807) is 26.5 Å². The summed E-state index contributed by atoms with van der Waals surface area (Å²) in [6.07, 6.45) is 2.45. The van der Waals surface area contributed by atoms with E-state index >= 15 is 0 Å². The zero-order chi connectivity index (χ0) is 18.7. The Morgan fingerprint density at radius 3 is 2.69 bits per heavy atom. The number of aromatic nitrogens is 1. The van der Waals surface area contributed by atoms with Crippen molar-refractivity contribution in [2.24, 2.45) is 0 Å². The second kappa shape index (κ2) is 7.37. The largest absolute Gasteiger partial charge is 0.497 e. The molecule has 6 nitrogen and oxygen atoms in total. The van der Waals surface area contributed by atoms with Crippen LogP contribution in [-0.4, -0.2) is 29.9 Å². The second-order valence-corrected chi connectivity index (χ2v) is 7.12. The maximum atomic E-state index is 6.09. The van der Waals surface area contributed by atoms with E-state index < -0.39 is 0 Å². The predicted octanol–water partition coefficient (Wildman–Crippen LogP) is 3.69. The Balaban J connectivity index is 1.76. The first-order valence-corrected chi connectivity index (χ1v) is 8.75. The number of ether oxygens (including phenoxy) is 3. The Morgan fingerprint density at radius 2 is 2.04 bits per heavy atom. The van der Waals surface area contributed by atoms with Crippen LogP contribution in [0.1, 0.15) is 31.9 Å². The molecule has 0 saturated carbocycles. The molecule has 3 rings (SSSR count). The van der Waals surface area contributed by atoms with Crippen LogP contribution in [0, 0.1) is 0 Å². The number of thiocarbonyl (C=S) groups is 1. The fourth-order valence-electron chi connectivity index (χ4n) is 2.99. The molecule has 0 amide bonds. The number of nitrogens with one attached hydrogen (secondary N) is 2. The number of benzene rings is 1. The van der Waals surface area contributed by atoms with Gasteiger partial charge in [0.25, 0.3) is 0 Å². The highest BCUT2D eigenvalue weighted by atomic mass is 32.1. The van der Waals surface area contributed by atoms with Crippen LogP contribution in [0.4, 0.5) is 5.69 Å². The molecule has 26 heavy (non-hydrogen) atoms. The number of fused-ring (bicyclic) bond motifs is 1. The Bertz CT molecular complexity index is 793. The Kier molecular flexibility index (Phi) is 5.18. The van der Waals surface area contributed by atoms with Crippen molar-refractivity contribution >= 4 is 23.0 Å². The molecule has 0 radical (unpaired) electrons. The average Bonchev–Trinajstić information content (AvgIpc) is 2.61. The van der Waals surface area contributed by atoms with Crippen LogP contribution in [0.15, 0.2) is 36.5 Å². The number of rotatable bonds is 4. The third-order valence-corrected chi connectivity index (χ3v) is 4.40. The van der Waals surface area contributed by atoms with E-state index in [2.05, 4.69) is 29.5 Å². The molecule has 1 aliphatic heterocycles. The number of pyridine rings is 1. The molecule has 0 spiro atoms. The van der Waals surface area contributed by atoms with Crippen LogP contribution in [0.3, 0.4) is 0 Å². The molecule has 2 aromatic rings. The molecule has 0 fully saturated rings. The van der Waals surface area contributed by atoms with E-state index in [0.29, 0.717) is 11.0 Å². The summed E-state index contributed by atoms with van der Waals surface area (Å²) in [5, 5.41) is 7.06. The van der Waals surface area contributed by atoms with Gasteiger partial charge >= 0.3 is 0 Å². The van der Waals surface area contributed by atoms with Gasteiger partial charge in [0.2, 0.25) is 5.88 Å². The molecule has 0 aliphatic carbocycles. The summed E-state index contributed by atoms with van der Waals surface area (Å²) < 4.78 is 16.5. The van der Waals surface area contributed by atoms with Crippen LogP contribution >= 0.6 is 12.2 Å². The monoisotopic (exact) mass is 373 g/mol. The number of nitrogens with zero attached hydrogens (tertiary/aromatic N) is 1. The molecule has 1 aliphatic rings. The van der Waals surface area contributed by atoms with E-state index in [9.17, 15) is 0 Å². The Morgan fingerprint density at radius 1 is 1.23 bits per heavy atom. The third-order valence-electron chi connectivity index (χ3n) is 4.18. The molecule has 2 N–H and O–H groups in total. The second-order valence-electron chi connectivity index (χ2n) is 6.71. The first-order valence-electron chi connectivity index (χ1n) is 8.35. The lowest BCUT2D eigenvalue weighted by Gasteiger charge is -2.38. The molecular weight excluding hydrogens is 350 g/mol. The molecule has 1 aromatic heterocycles. The minimum absolute atomic E-state index is 0.00931. The van der Waals surface area contributed by atoms with Gasteiger partial charge in [-0.25, -0.2) is 4.98 Å². The molecule has 138 valence electrons. The standard InChI is InChI=1S/C19H23N3O3S/c1-19(2)10-15(14-9-13(23-3)6-7-16(14)25-19)22-18(26)21-12-5-8-17(24-4)20-11-12/h5-9,11,15H,10H2,1-4H3,(H2,21,22,26)/t15-/m0/s1. The molecular formula is C19H23N3O3S. The van der Waals surface area contributed by atoms with Gasteiger partial charge in [-0.15, -0.1) is 0 Å². The van der Waals surface area contributed by atoms with E-state index in [1.165, 1.54) is 0 Å². The van der Waals surface area contributed by atoms with E-state index in [-0.39, 0.29) is 11.6 Å². The van der Waals surface area contributed by atoms with Crippen molar-refractivity contribution in [2.45, 2.75) is 31.9 Å². The molecule has 1 atom stereocenters. The SMILES string of the molecule is COc1ccc2c(c1)[C@@H](NC(=S)Nc1ccc(OC)nc1)CC(C)(C)O2. The summed E-state index contributed by atoms with van der Waals surface area (Å²) in [4.78, 5) is 4.17. The highest BCUT2D eigenvalue weighted by Gasteiger charge is 2.34. The zero-order valence-corrected chi connectivity index (χ0v) is 16.1. The van der Waals surface area contributed by atoms with Gasteiger partial charge in [-0.1, -0.05) is 0 Å². The van der Waals surface area contributed by atoms with Gasteiger partial charge in [0.15, 0.2) is 5.11 Å². The topological polar surface area (TPSA) is 64.6 Å². The fourth-order valence-corrected chi connectivity index (χ4v) is 3.25. The minimum Gasteiger partial charge on any atom is -0.497 e. The molecule has 0 unspecified atom stereocenters. The highest BCUT2D eigenvalue weighted by molar-refractivity contribution is 7.80. The van der Waals surface area contributed by atoms with Crippen molar-refractivity contribution in [1.29, 1.82) is 0 Å². The lowest BCUT2D eigenvalue weighted by Crippen LogP contribution is -2.42. The quantitative estimate of drug-likeness (QED) is 0.793. The van der Waals surface area contributed by atoms with Gasteiger partial charge in [-0.3, -0.25) is 0 Å². The summed E-state index contributed by atoms with van der Waals surface area (Å²) in [5.41, 5.74) is 1.53. The molecule has 0 bridgehead atoms. The van der Waals surface area contributed by atoms with Crippen LogP contribution in [0.2, 0.25) is 0 Å². The summed E-state index contributed by atoms with van der Waals surface area (Å²) in [6.45, 7) is 4.14. The fraction of sp³-hybridized carbons (Fsp3) is 0.368. The van der Waals surface area contributed by atoms with Crippen molar-refractivity contribution in [1.82, 2.24) is 10.3 Å². The summed E-state index contributed by atoms with van der Waals surface area (Å²) in [5.74, 6) is 2.19. The maximum absolute atomic E-state index is 6.09. The van der Waals surface area contributed by atoms with Crippen molar-refractivity contribution in [3.8, 4) is 17.4 Å². The summed E-state index contributed by atoms with van der Waals surface area (Å²) in [6, 6.07) is 9.48. The number of methoxy groups -OCH3 is 2. The van der Waals surface area contributed by atoms with Gasteiger partial charge in [-0.05, 0) is 50.3 Å². The highest BCUT2D eigenvalue weighted by Crippen LogP contribution is 2.41. The van der Waals surface area contributed by atoms with E-state index in [1.807, 2.05) is 24.3 Å². The van der Waals surface area contributed by atoms with Crippen molar-refractivity contribution in [3.05, 3.63) is 42.1 Å². The lowest BCUT2D eigenvalue weighted by molar-refractivity contribution is 0.0695. The number of hydrogen-bond donors (Lipinski definition) is 2. The number of anilines is 1. The molecule has 2 heterocycles. The van der Waals surface area contributed by atoms with Crippen LogP contribution in [-0.2, 0) is 0 Å². The van der Waals surface area contributed by atoms with Gasteiger partial charge in [0, 0.05) is 18.1 Å². The zero-order valence-electron chi connectivity index (χ0n) is 15.3. The molecule has 0 saturated heterocycles. The van der Waals surface area contributed by atoms with Crippen molar-refractivity contribution in [3.63, 3.8) is 0 Å². The first-order chi connectivity index (χ1) is 12.4. The van der Waals surface area contributed by atoms with Gasteiger partial charge in [-0.2, -0.15) is 0 Å². The van der Waals surface area contributed by atoms with E-state index in [0.717, 1.165) is 29.2 Å². The van der Waals surface area contributed by atoms with E-state index in [4.69, 9.17) is 26.4 Å². The molecule has 7 heteroatoms. The van der Waals surface area contributed by atoms with Crippen molar-refractivity contribution in [2.75, 3.05) is 19.5 Å². The summed E-state index contributed by atoms with van der Waals surface area (Å²) >= 11 is 5.49.